The lowest BCUT2D eigenvalue weighted by Crippen LogP contribution is -2.09. The highest BCUT2D eigenvalue weighted by Gasteiger charge is 2.15. The summed E-state index contributed by atoms with van der Waals surface area (Å²) in [7, 11) is 0. The Labute approximate surface area is 228 Å². The summed E-state index contributed by atoms with van der Waals surface area (Å²) in [4.78, 5) is 36.3. The zero-order valence-corrected chi connectivity index (χ0v) is 22.0. The number of unbranched alkanes of at least 4 members (excludes halogenated alkanes) is 1. The zero-order chi connectivity index (χ0) is 28.0. The quantitative estimate of drug-likeness (QED) is 0.133. The van der Waals surface area contributed by atoms with Gasteiger partial charge in [0.1, 0.15) is 17.3 Å². The lowest BCUT2D eigenvalue weighted by Gasteiger charge is -2.14. The first-order chi connectivity index (χ1) is 18.9. The van der Waals surface area contributed by atoms with Crippen molar-refractivity contribution in [1.82, 2.24) is 0 Å². The van der Waals surface area contributed by atoms with Crippen molar-refractivity contribution in [3.8, 4) is 5.75 Å². The van der Waals surface area contributed by atoms with E-state index in [0.29, 0.717) is 60.9 Å². The molecule has 2 aromatic rings. The molecule has 0 aromatic heterocycles. The molecule has 0 heterocycles. The number of ether oxygens (including phenoxy) is 4. The van der Waals surface area contributed by atoms with E-state index in [1.807, 2.05) is 13.0 Å². The van der Waals surface area contributed by atoms with Crippen LogP contribution in [0.3, 0.4) is 0 Å². The summed E-state index contributed by atoms with van der Waals surface area (Å²) in [5.74, 6) is 0.0424. The number of carbonyl (C=O) groups excluding carboxylic acids is 3. The van der Waals surface area contributed by atoms with Crippen LogP contribution in [0.4, 0.5) is 0 Å². The van der Waals surface area contributed by atoms with Gasteiger partial charge in [-0.25, -0.2) is 14.4 Å². The third-order valence-corrected chi connectivity index (χ3v) is 5.67. The molecule has 39 heavy (non-hydrogen) atoms. The minimum atomic E-state index is -0.524. The van der Waals surface area contributed by atoms with E-state index in [1.165, 1.54) is 0 Å². The van der Waals surface area contributed by atoms with Crippen LogP contribution in [0, 0.1) is 5.92 Å². The largest absolute Gasteiger partial charge is 0.494 e. The molecule has 1 unspecified atom stereocenters. The average Bonchev–Trinajstić information content (AvgIpc) is 2.95. The van der Waals surface area contributed by atoms with Gasteiger partial charge in [0.05, 0.1) is 24.3 Å². The van der Waals surface area contributed by atoms with E-state index in [4.69, 9.17) is 18.9 Å². The topological polar surface area (TPSA) is 88.1 Å². The van der Waals surface area contributed by atoms with E-state index in [9.17, 15) is 14.4 Å². The number of rotatable bonds is 12. The fraction of sp³-hybridized carbons (Fsp3) is 0.219. The van der Waals surface area contributed by atoms with Crippen LogP contribution in [0.1, 0.15) is 52.5 Å². The van der Waals surface area contributed by atoms with Crippen LogP contribution in [0.25, 0.3) is 6.08 Å². The van der Waals surface area contributed by atoms with E-state index in [1.54, 1.807) is 72.8 Å². The van der Waals surface area contributed by atoms with Gasteiger partial charge in [-0.2, -0.15) is 0 Å². The molecule has 0 aliphatic heterocycles. The molecule has 202 valence electrons. The second kappa shape index (κ2) is 14.9. The Bertz CT molecular complexity index is 1260. The smallest absolute Gasteiger partial charge is 0.343 e. The molecular formula is C32H32O7. The van der Waals surface area contributed by atoms with Crippen molar-refractivity contribution in [1.29, 1.82) is 0 Å². The Kier molecular flexibility index (Phi) is 11.1. The standard InChI is InChI=1S/C32H32O7/c1-4-24-9-11-25(12-10-24)32(35)39-29-19-18-28(15-8-23(3)22-29)38-31(34)26-13-16-27(17-14-26)36-20-6-7-21-37-30(33)5-2/h4-5,8-19,23H,1-2,6-7,20-22H2,3H3. The highest BCUT2D eigenvalue weighted by molar-refractivity contribution is 5.91. The number of allylic oxidation sites excluding steroid dienone is 5. The Morgan fingerprint density at radius 2 is 1.51 bits per heavy atom. The number of hydrogen-bond donors (Lipinski definition) is 0. The van der Waals surface area contributed by atoms with Crippen molar-refractivity contribution in [3.05, 3.63) is 120 Å². The van der Waals surface area contributed by atoms with Gasteiger partial charge in [-0.3, -0.25) is 0 Å². The predicted octanol–water partition coefficient (Wildman–Crippen LogP) is 6.60. The minimum Gasteiger partial charge on any atom is -0.494 e. The molecule has 2 aromatic carbocycles. The highest BCUT2D eigenvalue weighted by Crippen LogP contribution is 2.22. The van der Waals surface area contributed by atoms with Crippen LogP contribution in [0.15, 0.2) is 104 Å². The molecule has 7 nitrogen and oxygen atoms in total. The van der Waals surface area contributed by atoms with Gasteiger partial charge in [0.2, 0.25) is 0 Å². The summed E-state index contributed by atoms with van der Waals surface area (Å²) >= 11 is 0. The molecule has 0 saturated carbocycles. The van der Waals surface area contributed by atoms with Gasteiger partial charge < -0.3 is 18.9 Å². The van der Waals surface area contributed by atoms with Crippen molar-refractivity contribution in [2.24, 2.45) is 5.92 Å². The summed E-state index contributed by atoms with van der Waals surface area (Å²) in [5.41, 5.74) is 1.71. The SMILES string of the molecule is C=CC(=O)OCCCCOc1ccc(C(=O)OC2=CC=C(OC(=O)c3ccc(C=C)cc3)CC(C)C=C2)cc1. The van der Waals surface area contributed by atoms with Crippen LogP contribution in [-0.4, -0.2) is 31.1 Å². The van der Waals surface area contributed by atoms with Crippen LogP contribution >= 0.6 is 0 Å². The molecule has 0 radical (unpaired) electrons. The van der Waals surface area contributed by atoms with Crippen LogP contribution in [0.2, 0.25) is 0 Å². The molecule has 7 heteroatoms. The molecule has 0 N–H and O–H groups in total. The van der Waals surface area contributed by atoms with Crippen LogP contribution < -0.4 is 4.74 Å². The van der Waals surface area contributed by atoms with Gasteiger partial charge in [-0.05, 0) is 78.9 Å². The van der Waals surface area contributed by atoms with Gasteiger partial charge in [-0.1, -0.05) is 44.4 Å². The molecule has 0 fully saturated rings. The summed E-state index contributed by atoms with van der Waals surface area (Å²) in [6.45, 7) is 9.79. The van der Waals surface area contributed by atoms with Crippen molar-refractivity contribution >= 4 is 24.0 Å². The highest BCUT2D eigenvalue weighted by atomic mass is 16.5. The molecule has 0 bridgehead atoms. The Balaban J connectivity index is 1.54. The summed E-state index contributed by atoms with van der Waals surface area (Å²) in [6, 6.07) is 13.6. The van der Waals surface area contributed by atoms with Gasteiger partial charge >= 0.3 is 17.9 Å². The van der Waals surface area contributed by atoms with Crippen LogP contribution in [0.5, 0.6) is 5.75 Å². The third-order valence-electron chi connectivity index (χ3n) is 5.67. The zero-order valence-electron chi connectivity index (χ0n) is 22.0. The van der Waals surface area contributed by atoms with Crippen LogP contribution in [-0.2, 0) is 19.0 Å². The van der Waals surface area contributed by atoms with Crippen molar-refractivity contribution in [2.75, 3.05) is 13.2 Å². The fourth-order valence-electron chi connectivity index (χ4n) is 3.50. The lowest BCUT2D eigenvalue weighted by atomic mass is 10.0. The maximum atomic E-state index is 12.7. The maximum absolute atomic E-state index is 12.7. The predicted molar refractivity (Wildman–Crippen MR) is 149 cm³/mol. The lowest BCUT2D eigenvalue weighted by molar-refractivity contribution is -0.137. The van der Waals surface area contributed by atoms with Gasteiger partial charge in [0, 0.05) is 12.5 Å². The molecule has 1 atom stereocenters. The monoisotopic (exact) mass is 528 g/mol. The first-order valence-electron chi connectivity index (χ1n) is 12.7. The van der Waals surface area contributed by atoms with E-state index in [2.05, 4.69) is 13.2 Å². The normalized spacial score (nSPS) is 14.5. The minimum absolute atomic E-state index is 0.0556. The van der Waals surface area contributed by atoms with Gasteiger partial charge in [0.15, 0.2) is 0 Å². The fourth-order valence-corrected chi connectivity index (χ4v) is 3.50. The maximum Gasteiger partial charge on any atom is 0.343 e. The number of benzene rings is 2. The average molecular weight is 529 g/mol. The van der Waals surface area contributed by atoms with Gasteiger partial charge in [0.25, 0.3) is 0 Å². The molecule has 0 spiro atoms. The van der Waals surface area contributed by atoms with E-state index in [0.717, 1.165) is 11.6 Å². The molecule has 1 aliphatic rings. The van der Waals surface area contributed by atoms with E-state index in [-0.39, 0.29) is 5.92 Å². The Hall–Kier alpha value is -4.65. The second-order valence-corrected chi connectivity index (χ2v) is 8.80. The first kappa shape index (κ1) is 28.9. The molecule has 3 rings (SSSR count). The Morgan fingerprint density at radius 3 is 2.18 bits per heavy atom. The molecule has 0 amide bonds. The van der Waals surface area contributed by atoms with Crippen molar-refractivity contribution in [3.63, 3.8) is 0 Å². The molecule has 0 saturated heterocycles. The van der Waals surface area contributed by atoms with E-state index < -0.39 is 17.9 Å². The van der Waals surface area contributed by atoms with Gasteiger partial charge in [-0.15, -0.1) is 0 Å². The Morgan fingerprint density at radius 1 is 0.872 bits per heavy atom. The molecule has 1 aliphatic carbocycles. The second-order valence-electron chi connectivity index (χ2n) is 8.80. The molecular weight excluding hydrogens is 496 g/mol. The summed E-state index contributed by atoms with van der Waals surface area (Å²) in [5, 5.41) is 0. The van der Waals surface area contributed by atoms with Crippen molar-refractivity contribution in [2.45, 2.75) is 26.2 Å². The number of carbonyl (C=O) groups is 3. The van der Waals surface area contributed by atoms with Crippen molar-refractivity contribution < 1.29 is 33.3 Å². The third kappa shape index (κ3) is 9.63. The van der Waals surface area contributed by atoms with E-state index >= 15 is 0 Å². The first-order valence-corrected chi connectivity index (χ1v) is 12.7. The summed E-state index contributed by atoms with van der Waals surface area (Å²) in [6.07, 6.45) is 11.6. The number of esters is 3. The summed E-state index contributed by atoms with van der Waals surface area (Å²) < 4.78 is 21.8. The number of hydrogen-bond acceptors (Lipinski definition) is 7.